The molecule has 0 aliphatic carbocycles. The molecule has 0 amide bonds. The normalized spacial score (nSPS) is 11.7. The minimum Gasteiger partial charge on any atom is -0.493 e. The van der Waals surface area contributed by atoms with E-state index in [2.05, 4.69) is 11.9 Å². The summed E-state index contributed by atoms with van der Waals surface area (Å²) in [7, 11) is 3.25. The Hall–Kier alpha value is -1.91. The van der Waals surface area contributed by atoms with Gasteiger partial charge in [0.2, 0.25) is 0 Å². The minimum absolute atomic E-state index is 0.133. The highest BCUT2D eigenvalue weighted by molar-refractivity contribution is 5.75. The number of benzene rings is 1. The molecule has 1 aromatic rings. The van der Waals surface area contributed by atoms with E-state index in [-0.39, 0.29) is 5.96 Å². The van der Waals surface area contributed by atoms with Crippen molar-refractivity contribution in [2.24, 2.45) is 22.4 Å². The van der Waals surface area contributed by atoms with Crippen LogP contribution in [0.25, 0.3) is 0 Å². The van der Waals surface area contributed by atoms with Crippen LogP contribution in [0.2, 0.25) is 0 Å². The van der Waals surface area contributed by atoms with E-state index in [1.807, 2.05) is 18.2 Å². The van der Waals surface area contributed by atoms with Gasteiger partial charge in [0.15, 0.2) is 17.5 Å². The lowest BCUT2D eigenvalue weighted by molar-refractivity contribution is 0.354. The zero-order valence-corrected chi connectivity index (χ0v) is 11.1. The molecule has 100 valence electrons. The van der Waals surface area contributed by atoms with Gasteiger partial charge in [0.05, 0.1) is 14.2 Å². The second-order valence-electron chi connectivity index (χ2n) is 4.26. The van der Waals surface area contributed by atoms with Gasteiger partial charge in [-0.3, -0.25) is 4.99 Å². The summed E-state index contributed by atoms with van der Waals surface area (Å²) in [6.07, 6.45) is 0.886. The molecule has 18 heavy (non-hydrogen) atoms. The molecule has 0 spiro atoms. The number of methoxy groups -OCH3 is 2. The highest BCUT2D eigenvalue weighted by Gasteiger charge is 2.08. The fourth-order valence-corrected chi connectivity index (χ4v) is 1.74. The molecule has 5 nitrogen and oxygen atoms in total. The molecule has 0 saturated carbocycles. The molecule has 0 fully saturated rings. The average Bonchev–Trinajstić information content (AvgIpc) is 2.36. The number of ether oxygens (including phenoxy) is 2. The van der Waals surface area contributed by atoms with E-state index in [1.54, 1.807) is 14.2 Å². The third kappa shape index (κ3) is 4.16. The van der Waals surface area contributed by atoms with E-state index in [0.29, 0.717) is 12.5 Å². The van der Waals surface area contributed by atoms with E-state index in [0.717, 1.165) is 17.9 Å². The van der Waals surface area contributed by atoms with Crippen LogP contribution in [0.5, 0.6) is 11.5 Å². The fourth-order valence-electron chi connectivity index (χ4n) is 1.74. The van der Waals surface area contributed by atoms with Crippen LogP contribution in [0.3, 0.4) is 0 Å². The first-order valence-electron chi connectivity index (χ1n) is 5.83. The van der Waals surface area contributed by atoms with Crippen LogP contribution in [-0.2, 0) is 6.42 Å². The first-order valence-corrected chi connectivity index (χ1v) is 5.83. The summed E-state index contributed by atoms with van der Waals surface area (Å²) in [6, 6.07) is 5.90. The maximum Gasteiger partial charge on any atom is 0.185 e. The Bertz CT molecular complexity index is 415. The van der Waals surface area contributed by atoms with Crippen molar-refractivity contribution in [3.63, 3.8) is 0 Å². The molecule has 0 aliphatic rings. The second-order valence-corrected chi connectivity index (χ2v) is 4.26. The van der Waals surface area contributed by atoms with Crippen LogP contribution < -0.4 is 20.9 Å². The molecule has 1 aromatic carbocycles. The first kappa shape index (κ1) is 14.2. The number of rotatable bonds is 6. The van der Waals surface area contributed by atoms with Gasteiger partial charge in [-0.2, -0.15) is 0 Å². The van der Waals surface area contributed by atoms with E-state index in [4.69, 9.17) is 20.9 Å². The summed E-state index contributed by atoms with van der Waals surface area (Å²) < 4.78 is 10.5. The number of nitrogens with zero attached hydrogens (tertiary/aromatic N) is 1. The van der Waals surface area contributed by atoms with Gasteiger partial charge in [0.25, 0.3) is 0 Å². The molecular weight excluding hydrogens is 230 g/mol. The van der Waals surface area contributed by atoms with Crippen molar-refractivity contribution in [2.75, 3.05) is 20.8 Å². The zero-order valence-electron chi connectivity index (χ0n) is 11.1. The van der Waals surface area contributed by atoms with Gasteiger partial charge in [-0.15, -0.1) is 0 Å². The summed E-state index contributed by atoms with van der Waals surface area (Å²) in [4.78, 5) is 4.01. The van der Waals surface area contributed by atoms with Gasteiger partial charge in [-0.05, 0) is 30.0 Å². The SMILES string of the molecule is COc1ccc(CC(C)CN=C(N)N)cc1OC. The molecular formula is C13H21N3O2. The molecule has 0 heterocycles. The van der Waals surface area contributed by atoms with Gasteiger partial charge in [0, 0.05) is 6.54 Å². The molecule has 0 radical (unpaired) electrons. The van der Waals surface area contributed by atoms with Crippen molar-refractivity contribution < 1.29 is 9.47 Å². The molecule has 0 aliphatic heterocycles. The highest BCUT2D eigenvalue weighted by atomic mass is 16.5. The van der Waals surface area contributed by atoms with Gasteiger partial charge in [0.1, 0.15) is 0 Å². The van der Waals surface area contributed by atoms with Crippen molar-refractivity contribution in [3.8, 4) is 11.5 Å². The number of nitrogens with two attached hydrogens (primary N) is 2. The Kier molecular flexibility index (Phi) is 5.30. The summed E-state index contributed by atoms with van der Waals surface area (Å²) in [5.74, 6) is 1.97. The summed E-state index contributed by atoms with van der Waals surface area (Å²) in [5, 5.41) is 0. The van der Waals surface area contributed by atoms with Crippen molar-refractivity contribution in [1.29, 1.82) is 0 Å². The van der Waals surface area contributed by atoms with Gasteiger partial charge < -0.3 is 20.9 Å². The molecule has 1 atom stereocenters. The molecule has 0 saturated heterocycles. The summed E-state index contributed by atoms with van der Waals surface area (Å²) in [6.45, 7) is 2.72. The van der Waals surface area contributed by atoms with Crippen molar-refractivity contribution in [1.82, 2.24) is 0 Å². The second kappa shape index (κ2) is 6.74. The number of hydrogen-bond donors (Lipinski definition) is 2. The lowest BCUT2D eigenvalue weighted by Crippen LogP contribution is -2.24. The van der Waals surface area contributed by atoms with Gasteiger partial charge in [-0.25, -0.2) is 0 Å². The van der Waals surface area contributed by atoms with E-state index >= 15 is 0 Å². The van der Waals surface area contributed by atoms with Gasteiger partial charge >= 0.3 is 0 Å². The first-order chi connectivity index (χ1) is 8.56. The Morgan fingerprint density at radius 3 is 2.44 bits per heavy atom. The Labute approximate surface area is 108 Å². The van der Waals surface area contributed by atoms with Crippen LogP contribution >= 0.6 is 0 Å². The number of guanidine groups is 1. The van der Waals surface area contributed by atoms with Crippen molar-refractivity contribution in [2.45, 2.75) is 13.3 Å². The third-order valence-corrected chi connectivity index (χ3v) is 2.62. The van der Waals surface area contributed by atoms with Crippen LogP contribution in [0.4, 0.5) is 0 Å². The topological polar surface area (TPSA) is 82.9 Å². The number of aliphatic imine (C=N–C) groups is 1. The van der Waals surface area contributed by atoms with Crippen molar-refractivity contribution >= 4 is 5.96 Å². The molecule has 4 N–H and O–H groups in total. The predicted molar refractivity (Wildman–Crippen MR) is 73.1 cm³/mol. The van der Waals surface area contributed by atoms with E-state index in [9.17, 15) is 0 Å². The standard InChI is InChI=1S/C13H21N3O2/c1-9(8-16-13(14)15)6-10-4-5-11(17-2)12(7-10)18-3/h4-5,7,9H,6,8H2,1-3H3,(H4,14,15,16). The fraction of sp³-hybridized carbons (Fsp3) is 0.462. The zero-order chi connectivity index (χ0) is 13.5. The summed E-state index contributed by atoms with van der Waals surface area (Å²) in [5.41, 5.74) is 11.8. The maximum absolute atomic E-state index is 5.31. The van der Waals surface area contributed by atoms with Crippen molar-refractivity contribution in [3.05, 3.63) is 23.8 Å². The quantitative estimate of drug-likeness (QED) is 0.587. The van der Waals surface area contributed by atoms with Crippen LogP contribution in [-0.4, -0.2) is 26.7 Å². The van der Waals surface area contributed by atoms with Gasteiger partial charge in [-0.1, -0.05) is 13.0 Å². The monoisotopic (exact) mass is 251 g/mol. The van der Waals surface area contributed by atoms with Crippen LogP contribution in [0, 0.1) is 5.92 Å². The van der Waals surface area contributed by atoms with Crippen LogP contribution in [0.15, 0.2) is 23.2 Å². The van der Waals surface area contributed by atoms with E-state index < -0.39 is 0 Å². The summed E-state index contributed by atoms with van der Waals surface area (Å²) >= 11 is 0. The van der Waals surface area contributed by atoms with E-state index in [1.165, 1.54) is 5.56 Å². The molecule has 1 unspecified atom stereocenters. The Morgan fingerprint density at radius 1 is 1.22 bits per heavy atom. The minimum atomic E-state index is 0.133. The lowest BCUT2D eigenvalue weighted by Gasteiger charge is -2.12. The third-order valence-electron chi connectivity index (χ3n) is 2.62. The number of hydrogen-bond acceptors (Lipinski definition) is 3. The lowest BCUT2D eigenvalue weighted by atomic mass is 10.0. The molecule has 0 bridgehead atoms. The Balaban J connectivity index is 2.70. The smallest absolute Gasteiger partial charge is 0.185 e. The van der Waals surface area contributed by atoms with Crippen LogP contribution in [0.1, 0.15) is 12.5 Å². The largest absolute Gasteiger partial charge is 0.493 e. The predicted octanol–water partition coefficient (Wildman–Crippen LogP) is 1.16. The average molecular weight is 251 g/mol. The molecule has 1 rings (SSSR count). The highest BCUT2D eigenvalue weighted by Crippen LogP contribution is 2.28. The Morgan fingerprint density at radius 2 is 1.89 bits per heavy atom. The molecule has 5 heteroatoms. The maximum atomic E-state index is 5.31. The molecule has 0 aromatic heterocycles.